The van der Waals surface area contributed by atoms with E-state index in [1.165, 1.54) is 0 Å². The van der Waals surface area contributed by atoms with Gasteiger partial charge in [0, 0.05) is 24.6 Å². The minimum atomic E-state index is 0.187. The van der Waals surface area contributed by atoms with E-state index >= 15 is 0 Å². The van der Waals surface area contributed by atoms with Crippen molar-refractivity contribution in [3.63, 3.8) is 0 Å². The third-order valence-corrected chi connectivity index (χ3v) is 2.39. The molecule has 5 heteroatoms. The molecule has 0 amide bonds. The van der Waals surface area contributed by atoms with Crippen molar-refractivity contribution >= 4 is 5.95 Å². The van der Waals surface area contributed by atoms with Gasteiger partial charge in [-0.3, -0.25) is 0 Å². The minimum Gasteiger partial charge on any atom is -0.474 e. The van der Waals surface area contributed by atoms with Crippen molar-refractivity contribution in [2.45, 2.75) is 25.9 Å². The molecule has 1 aromatic heterocycles. The molecule has 2 N–H and O–H groups in total. The Morgan fingerprint density at radius 1 is 1.47 bits per heavy atom. The summed E-state index contributed by atoms with van der Waals surface area (Å²) >= 11 is 0. The van der Waals surface area contributed by atoms with Crippen LogP contribution >= 0.6 is 0 Å². The second-order valence-electron chi connectivity index (χ2n) is 3.65. The number of aromatic nitrogens is 2. The van der Waals surface area contributed by atoms with Gasteiger partial charge in [0.15, 0.2) is 0 Å². The number of nitrogens with two attached hydrogens (primary N) is 1. The van der Waals surface area contributed by atoms with Crippen LogP contribution in [-0.2, 0) is 4.74 Å². The second kappa shape index (κ2) is 4.44. The molecule has 5 nitrogen and oxygen atoms in total. The third-order valence-electron chi connectivity index (χ3n) is 2.39. The highest BCUT2D eigenvalue weighted by Crippen LogP contribution is 2.19. The molecule has 0 atom stereocenters. The molecule has 1 aromatic rings. The van der Waals surface area contributed by atoms with Crippen molar-refractivity contribution in [2.24, 2.45) is 0 Å². The van der Waals surface area contributed by atoms with Gasteiger partial charge in [0.05, 0.1) is 13.2 Å². The summed E-state index contributed by atoms with van der Waals surface area (Å²) < 4.78 is 11.0. The highest BCUT2D eigenvalue weighted by molar-refractivity contribution is 5.28. The van der Waals surface area contributed by atoms with E-state index < -0.39 is 0 Å². The highest BCUT2D eigenvalue weighted by atomic mass is 16.5. The number of anilines is 1. The number of ether oxygens (including phenoxy) is 2. The lowest BCUT2D eigenvalue weighted by Crippen LogP contribution is -2.26. The molecule has 0 spiro atoms. The Morgan fingerprint density at radius 2 is 2.20 bits per heavy atom. The standard InChI is InChI=1S/C10H15N3O2/c1-7-6-12-10(11)13-9(7)15-8-2-4-14-5-3-8/h6,8H,2-5H2,1H3,(H2,11,12,13). The SMILES string of the molecule is Cc1cnc(N)nc1OC1CCOCC1. The molecule has 1 aliphatic heterocycles. The Hall–Kier alpha value is -1.36. The Kier molecular flexibility index (Phi) is 3.01. The fourth-order valence-electron chi connectivity index (χ4n) is 1.51. The summed E-state index contributed by atoms with van der Waals surface area (Å²) in [7, 11) is 0. The molecule has 15 heavy (non-hydrogen) atoms. The molecule has 0 unspecified atom stereocenters. The molecule has 1 saturated heterocycles. The van der Waals surface area contributed by atoms with E-state index in [1.54, 1.807) is 6.20 Å². The third kappa shape index (κ3) is 2.56. The van der Waals surface area contributed by atoms with Crippen molar-refractivity contribution in [1.29, 1.82) is 0 Å². The molecular formula is C10H15N3O2. The summed E-state index contributed by atoms with van der Waals surface area (Å²) in [5, 5.41) is 0. The van der Waals surface area contributed by atoms with E-state index in [-0.39, 0.29) is 12.1 Å². The number of nitrogens with zero attached hydrogens (tertiary/aromatic N) is 2. The monoisotopic (exact) mass is 209 g/mol. The van der Waals surface area contributed by atoms with Crippen LogP contribution in [-0.4, -0.2) is 29.3 Å². The average molecular weight is 209 g/mol. The summed E-state index contributed by atoms with van der Waals surface area (Å²) in [5.74, 6) is 0.844. The van der Waals surface area contributed by atoms with Crippen molar-refractivity contribution in [3.05, 3.63) is 11.8 Å². The van der Waals surface area contributed by atoms with Crippen LogP contribution in [0.2, 0.25) is 0 Å². The number of hydrogen-bond acceptors (Lipinski definition) is 5. The first-order valence-electron chi connectivity index (χ1n) is 5.09. The highest BCUT2D eigenvalue weighted by Gasteiger charge is 2.17. The maximum Gasteiger partial charge on any atom is 0.223 e. The molecule has 0 radical (unpaired) electrons. The van der Waals surface area contributed by atoms with Gasteiger partial charge in [-0.1, -0.05) is 0 Å². The van der Waals surface area contributed by atoms with Crippen molar-refractivity contribution in [1.82, 2.24) is 9.97 Å². The average Bonchev–Trinajstić information content (AvgIpc) is 2.25. The summed E-state index contributed by atoms with van der Waals surface area (Å²) in [5.41, 5.74) is 6.42. The Bertz CT molecular complexity index is 337. The van der Waals surface area contributed by atoms with Crippen molar-refractivity contribution in [2.75, 3.05) is 18.9 Å². The van der Waals surface area contributed by atoms with Crippen LogP contribution in [0.15, 0.2) is 6.20 Å². The molecule has 2 heterocycles. The number of nitrogen functional groups attached to an aromatic ring is 1. The van der Waals surface area contributed by atoms with Crippen LogP contribution in [0.4, 0.5) is 5.95 Å². The van der Waals surface area contributed by atoms with Gasteiger partial charge in [-0.25, -0.2) is 4.98 Å². The molecule has 0 aromatic carbocycles. The zero-order valence-corrected chi connectivity index (χ0v) is 8.77. The first-order valence-corrected chi connectivity index (χ1v) is 5.09. The summed E-state index contributed by atoms with van der Waals surface area (Å²) in [6.45, 7) is 3.42. The predicted octanol–water partition coefficient (Wildman–Crippen LogP) is 0.925. The molecule has 0 bridgehead atoms. The quantitative estimate of drug-likeness (QED) is 0.784. The van der Waals surface area contributed by atoms with Crippen LogP contribution in [0.1, 0.15) is 18.4 Å². The van der Waals surface area contributed by atoms with Gasteiger partial charge in [-0.2, -0.15) is 4.98 Å². The zero-order valence-electron chi connectivity index (χ0n) is 8.77. The Labute approximate surface area is 88.6 Å². The topological polar surface area (TPSA) is 70.3 Å². The van der Waals surface area contributed by atoms with E-state index in [4.69, 9.17) is 15.2 Å². The van der Waals surface area contributed by atoms with Gasteiger partial charge < -0.3 is 15.2 Å². The van der Waals surface area contributed by atoms with Gasteiger partial charge in [-0.05, 0) is 6.92 Å². The lowest BCUT2D eigenvalue weighted by atomic mass is 10.1. The molecule has 1 fully saturated rings. The molecular weight excluding hydrogens is 194 g/mol. The Morgan fingerprint density at radius 3 is 2.93 bits per heavy atom. The van der Waals surface area contributed by atoms with Gasteiger partial charge in [0.25, 0.3) is 0 Å². The lowest BCUT2D eigenvalue weighted by Gasteiger charge is -2.23. The number of aryl methyl sites for hydroxylation is 1. The first-order chi connectivity index (χ1) is 7.25. The van der Waals surface area contributed by atoms with Gasteiger partial charge in [0.1, 0.15) is 6.10 Å². The van der Waals surface area contributed by atoms with Gasteiger partial charge >= 0.3 is 0 Å². The molecule has 0 saturated carbocycles. The normalized spacial score (nSPS) is 17.7. The van der Waals surface area contributed by atoms with E-state index in [9.17, 15) is 0 Å². The van der Waals surface area contributed by atoms with E-state index in [0.29, 0.717) is 5.88 Å². The number of hydrogen-bond donors (Lipinski definition) is 1. The maximum atomic E-state index is 5.76. The smallest absolute Gasteiger partial charge is 0.223 e. The van der Waals surface area contributed by atoms with Crippen molar-refractivity contribution in [3.8, 4) is 5.88 Å². The van der Waals surface area contributed by atoms with Crippen molar-refractivity contribution < 1.29 is 9.47 Å². The van der Waals surface area contributed by atoms with Crippen LogP contribution in [0.3, 0.4) is 0 Å². The summed E-state index contributed by atoms with van der Waals surface area (Å²) in [4.78, 5) is 7.96. The summed E-state index contributed by atoms with van der Waals surface area (Å²) in [6, 6.07) is 0. The van der Waals surface area contributed by atoms with E-state index in [2.05, 4.69) is 9.97 Å². The van der Waals surface area contributed by atoms with E-state index in [1.807, 2.05) is 6.92 Å². The van der Waals surface area contributed by atoms with Crippen LogP contribution < -0.4 is 10.5 Å². The second-order valence-corrected chi connectivity index (χ2v) is 3.65. The fraction of sp³-hybridized carbons (Fsp3) is 0.600. The van der Waals surface area contributed by atoms with Crippen LogP contribution in [0.25, 0.3) is 0 Å². The fourth-order valence-corrected chi connectivity index (χ4v) is 1.51. The minimum absolute atomic E-state index is 0.187. The molecule has 82 valence electrons. The van der Waals surface area contributed by atoms with Crippen LogP contribution in [0, 0.1) is 6.92 Å². The van der Waals surface area contributed by atoms with Gasteiger partial charge in [0.2, 0.25) is 11.8 Å². The molecule has 2 rings (SSSR count). The first kappa shape index (κ1) is 10.2. The molecule has 0 aliphatic carbocycles. The van der Waals surface area contributed by atoms with Gasteiger partial charge in [-0.15, -0.1) is 0 Å². The van der Waals surface area contributed by atoms with Crippen LogP contribution in [0.5, 0.6) is 5.88 Å². The lowest BCUT2D eigenvalue weighted by molar-refractivity contribution is 0.0234. The number of rotatable bonds is 2. The predicted molar refractivity (Wildman–Crippen MR) is 55.7 cm³/mol. The Balaban J connectivity index is 2.05. The maximum absolute atomic E-state index is 5.76. The molecule has 1 aliphatic rings. The zero-order chi connectivity index (χ0) is 10.7. The largest absolute Gasteiger partial charge is 0.474 e. The summed E-state index contributed by atoms with van der Waals surface area (Å²) in [6.07, 6.45) is 3.68. The van der Waals surface area contributed by atoms with E-state index in [0.717, 1.165) is 31.6 Å².